The fourth-order valence-corrected chi connectivity index (χ4v) is 2.70. The van der Waals surface area contributed by atoms with Crippen LogP contribution in [0.4, 0.5) is 0 Å². The van der Waals surface area contributed by atoms with E-state index in [0.29, 0.717) is 6.04 Å². The zero-order valence-electron chi connectivity index (χ0n) is 12.0. The van der Waals surface area contributed by atoms with Crippen molar-refractivity contribution in [2.75, 3.05) is 39.9 Å². The van der Waals surface area contributed by atoms with Crippen LogP contribution < -0.4 is 5.32 Å². The van der Waals surface area contributed by atoms with Gasteiger partial charge < -0.3 is 15.0 Å². The average molecular weight is 262 g/mol. The molecule has 3 nitrogen and oxygen atoms in total. The van der Waals surface area contributed by atoms with E-state index in [-0.39, 0.29) is 0 Å². The zero-order valence-corrected chi connectivity index (χ0v) is 12.0. The first-order chi connectivity index (χ1) is 9.40. The summed E-state index contributed by atoms with van der Waals surface area (Å²) in [6.45, 7) is 5.43. The highest BCUT2D eigenvalue weighted by molar-refractivity contribution is 5.18. The van der Waals surface area contributed by atoms with E-state index in [9.17, 15) is 0 Å². The van der Waals surface area contributed by atoms with Gasteiger partial charge in [0.05, 0.1) is 12.6 Å². The number of methoxy groups -OCH3 is 1. The van der Waals surface area contributed by atoms with Crippen LogP contribution in [0.15, 0.2) is 30.3 Å². The van der Waals surface area contributed by atoms with Gasteiger partial charge in [0.2, 0.25) is 0 Å². The number of rotatable bonds is 7. The Bertz CT molecular complexity index is 336. The number of nitrogens with zero attached hydrogens (tertiary/aromatic N) is 1. The Morgan fingerprint density at radius 2 is 1.89 bits per heavy atom. The molecule has 0 radical (unpaired) electrons. The van der Waals surface area contributed by atoms with Gasteiger partial charge in [-0.05, 0) is 31.5 Å². The van der Waals surface area contributed by atoms with Crippen LogP contribution in [-0.4, -0.2) is 44.8 Å². The number of hydrogen-bond donors (Lipinski definition) is 1. The second-order valence-corrected chi connectivity index (χ2v) is 5.28. The molecule has 0 saturated carbocycles. The third-order valence-corrected chi connectivity index (χ3v) is 3.80. The van der Waals surface area contributed by atoms with Crippen molar-refractivity contribution in [2.24, 2.45) is 0 Å². The SMILES string of the molecule is COCC(NCCN1CCCCC1)c1ccccc1. The van der Waals surface area contributed by atoms with Gasteiger partial charge in [-0.25, -0.2) is 0 Å². The largest absolute Gasteiger partial charge is 0.383 e. The third-order valence-electron chi connectivity index (χ3n) is 3.80. The maximum absolute atomic E-state index is 5.32. The smallest absolute Gasteiger partial charge is 0.0657 e. The van der Waals surface area contributed by atoms with E-state index in [0.717, 1.165) is 19.7 Å². The molecular formula is C16H26N2O. The molecule has 3 heteroatoms. The standard InChI is InChI=1S/C16H26N2O/c1-19-14-16(15-8-4-2-5-9-15)17-10-13-18-11-6-3-7-12-18/h2,4-5,8-9,16-17H,3,6-7,10-14H2,1H3. The summed E-state index contributed by atoms with van der Waals surface area (Å²) in [4.78, 5) is 2.56. The molecule has 19 heavy (non-hydrogen) atoms. The quantitative estimate of drug-likeness (QED) is 0.817. The lowest BCUT2D eigenvalue weighted by Gasteiger charge is -2.27. The number of likely N-dealkylation sites (tertiary alicyclic amines) is 1. The minimum Gasteiger partial charge on any atom is -0.383 e. The molecule has 1 fully saturated rings. The van der Waals surface area contributed by atoms with Crippen molar-refractivity contribution >= 4 is 0 Å². The molecule has 0 bridgehead atoms. The van der Waals surface area contributed by atoms with Crippen LogP contribution in [0.2, 0.25) is 0 Å². The maximum atomic E-state index is 5.32. The Kier molecular flexibility index (Phi) is 6.34. The van der Waals surface area contributed by atoms with Crippen LogP contribution in [0.3, 0.4) is 0 Å². The molecule has 1 N–H and O–H groups in total. The maximum Gasteiger partial charge on any atom is 0.0657 e. The van der Waals surface area contributed by atoms with Crippen LogP contribution in [0.1, 0.15) is 30.9 Å². The van der Waals surface area contributed by atoms with Crippen molar-refractivity contribution in [3.8, 4) is 0 Å². The van der Waals surface area contributed by atoms with E-state index in [1.807, 2.05) is 0 Å². The van der Waals surface area contributed by atoms with E-state index in [2.05, 4.69) is 40.5 Å². The van der Waals surface area contributed by atoms with Crippen LogP contribution in [-0.2, 0) is 4.74 Å². The molecular weight excluding hydrogens is 236 g/mol. The van der Waals surface area contributed by atoms with E-state index >= 15 is 0 Å². The summed E-state index contributed by atoms with van der Waals surface area (Å²) in [6, 6.07) is 10.9. The summed E-state index contributed by atoms with van der Waals surface area (Å²) < 4.78 is 5.32. The Morgan fingerprint density at radius 3 is 2.58 bits per heavy atom. The lowest BCUT2D eigenvalue weighted by molar-refractivity contribution is 0.161. The predicted molar refractivity (Wildman–Crippen MR) is 79.4 cm³/mol. The zero-order chi connectivity index (χ0) is 13.3. The first-order valence-electron chi connectivity index (χ1n) is 7.40. The van der Waals surface area contributed by atoms with Gasteiger partial charge in [0.25, 0.3) is 0 Å². The summed E-state index contributed by atoms with van der Waals surface area (Å²) >= 11 is 0. The minimum atomic E-state index is 0.302. The van der Waals surface area contributed by atoms with Gasteiger partial charge >= 0.3 is 0 Å². The van der Waals surface area contributed by atoms with Gasteiger partial charge in [-0.3, -0.25) is 0 Å². The van der Waals surface area contributed by atoms with Gasteiger partial charge in [-0.2, -0.15) is 0 Å². The van der Waals surface area contributed by atoms with Gasteiger partial charge in [0.1, 0.15) is 0 Å². The fraction of sp³-hybridized carbons (Fsp3) is 0.625. The number of nitrogens with one attached hydrogen (secondary N) is 1. The molecule has 1 unspecified atom stereocenters. The normalized spacial score (nSPS) is 18.4. The van der Waals surface area contributed by atoms with Crippen molar-refractivity contribution in [3.63, 3.8) is 0 Å². The highest BCUT2D eigenvalue weighted by Crippen LogP contribution is 2.13. The Balaban J connectivity index is 1.77. The molecule has 1 heterocycles. The van der Waals surface area contributed by atoms with Crippen LogP contribution in [0, 0.1) is 0 Å². The monoisotopic (exact) mass is 262 g/mol. The van der Waals surface area contributed by atoms with Crippen molar-refractivity contribution in [2.45, 2.75) is 25.3 Å². The molecule has 1 aliphatic heterocycles. The number of hydrogen-bond acceptors (Lipinski definition) is 3. The molecule has 0 aromatic heterocycles. The molecule has 1 aromatic rings. The summed E-state index contributed by atoms with van der Waals surface area (Å²) in [6.07, 6.45) is 4.13. The Morgan fingerprint density at radius 1 is 1.16 bits per heavy atom. The summed E-state index contributed by atoms with van der Waals surface area (Å²) in [5, 5.41) is 3.62. The fourth-order valence-electron chi connectivity index (χ4n) is 2.70. The van der Waals surface area contributed by atoms with E-state index in [1.165, 1.54) is 37.9 Å². The number of piperidine rings is 1. The highest BCUT2D eigenvalue weighted by Gasteiger charge is 2.12. The first kappa shape index (κ1) is 14.5. The first-order valence-corrected chi connectivity index (χ1v) is 7.40. The second kappa shape index (κ2) is 8.31. The summed E-state index contributed by atoms with van der Waals surface area (Å²) in [5.41, 5.74) is 1.31. The number of benzene rings is 1. The molecule has 106 valence electrons. The lowest BCUT2D eigenvalue weighted by atomic mass is 10.1. The third kappa shape index (κ3) is 4.94. The summed E-state index contributed by atoms with van der Waals surface area (Å²) in [5.74, 6) is 0. The second-order valence-electron chi connectivity index (χ2n) is 5.28. The van der Waals surface area contributed by atoms with Crippen LogP contribution >= 0.6 is 0 Å². The van der Waals surface area contributed by atoms with Gasteiger partial charge in [-0.1, -0.05) is 36.8 Å². The van der Waals surface area contributed by atoms with Crippen LogP contribution in [0.5, 0.6) is 0 Å². The average Bonchev–Trinajstić information content (AvgIpc) is 2.48. The summed E-state index contributed by atoms with van der Waals surface area (Å²) in [7, 11) is 1.77. The molecule has 1 saturated heterocycles. The molecule has 0 aliphatic carbocycles. The van der Waals surface area contributed by atoms with Crippen molar-refractivity contribution < 1.29 is 4.74 Å². The molecule has 2 rings (SSSR count). The van der Waals surface area contributed by atoms with Gasteiger partial charge in [0.15, 0.2) is 0 Å². The molecule has 0 amide bonds. The molecule has 1 atom stereocenters. The minimum absolute atomic E-state index is 0.302. The van der Waals surface area contributed by atoms with Crippen LogP contribution in [0.25, 0.3) is 0 Å². The topological polar surface area (TPSA) is 24.5 Å². The molecule has 1 aromatic carbocycles. The number of ether oxygens (including phenoxy) is 1. The predicted octanol–water partition coefficient (Wildman–Crippen LogP) is 2.45. The van der Waals surface area contributed by atoms with Crippen molar-refractivity contribution in [1.29, 1.82) is 0 Å². The van der Waals surface area contributed by atoms with Crippen molar-refractivity contribution in [1.82, 2.24) is 10.2 Å². The highest BCUT2D eigenvalue weighted by atomic mass is 16.5. The van der Waals surface area contributed by atoms with Gasteiger partial charge in [-0.15, -0.1) is 0 Å². The van der Waals surface area contributed by atoms with E-state index < -0.39 is 0 Å². The Labute approximate surface area is 116 Å². The molecule has 0 spiro atoms. The van der Waals surface area contributed by atoms with E-state index in [1.54, 1.807) is 7.11 Å². The molecule has 1 aliphatic rings. The lowest BCUT2D eigenvalue weighted by Crippen LogP contribution is -2.37. The van der Waals surface area contributed by atoms with E-state index in [4.69, 9.17) is 4.74 Å². The Hall–Kier alpha value is -0.900. The van der Waals surface area contributed by atoms with Crippen molar-refractivity contribution in [3.05, 3.63) is 35.9 Å². The van der Waals surface area contributed by atoms with Gasteiger partial charge in [0, 0.05) is 20.2 Å².